The fourth-order valence-corrected chi connectivity index (χ4v) is 2.68. The van der Waals surface area contributed by atoms with Gasteiger partial charge in [0.25, 0.3) is 5.91 Å². The molecule has 1 N–H and O–H groups in total. The number of hydrogen-bond donors (Lipinski definition) is 1. The maximum Gasteiger partial charge on any atom is 0.278 e. The maximum atomic E-state index is 12.0. The van der Waals surface area contributed by atoms with Crippen molar-refractivity contribution in [1.29, 1.82) is 0 Å². The number of aliphatic imine (C=N–C) groups is 1. The summed E-state index contributed by atoms with van der Waals surface area (Å²) < 4.78 is 0. The number of amides is 1. The van der Waals surface area contributed by atoms with Crippen molar-refractivity contribution in [2.24, 2.45) is 4.99 Å². The average molecular weight is 247 g/mol. The molecule has 0 radical (unpaired) electrons. The fourth-order valence-electron chi connectivity index (χ4n) is 2.68. The molecule has 2 aromatic carbocycles. The van der Waals surface area contributed by atoms with Crippen molar-refractivity contribution in [1.82, 2.24) is 0 Å². The number of rotatable bonds is 0. The summed E-state index contributed by atoms with van der Waals surface area (Å²) in [5.74, 6) is -0.213. The molecule has 0 fully saturated rings. The number of hydrogen-bond acceptors (Lipinski definition) is 2. The van der Waals surface area contributed by atoms with Crippen LogP contribution in [0, 0.1) is 0 Å². The van der Waals surface area contributed by atoms with E-state index in [-0.39, 0.29) is 11.7 Å². The van der Waals surface area contributed by atoms with Crippen molar-refractivity contribution in [2.75, 3.05) is 0 Å². The van der Waals surface area contributed by atoms with Crippen LogP contribution in [0.1, 0.15) is 15.9 Å². The predicted molar refractivity (Wildman–Crippen MR) is 72.5 cm³/mol. The van der Waals surface area contributed by atoms with Gasteiger partial charge in [-0.15, -0.1) is 0 Å². The molecule has 3 nitrogen and oxygen atoms in total. The largest absolute Gasteiger partial charge is 0.508 e. The van der Waals surface area contributed by atoms with Gasteiger partial charge in [0, 0.05) is 5.57 Å². The van der Waals surface area contributed by atoms with Gasteiger partial charge >= 0.3 is 0 Å². The Bertz CT molecular complexity index is 891. The molecule has 0 atom stereocenters. The number of carbonyl (C=O) groups excluding carboxylic acids is 1. The van der Waals surface area contributed by atoms with Gasteiger partial charge in [-0.25, -0.2) is 4.99 Å². The highest BCUT2D eigenvalue weighted by Gasteiger charge is 2.26. The molecule has 1 aliphatic carbocycles. The fraction of sp³-hybridized carbons (Fsp3) is 0. The number of aromatic hydroxyl groups is 1. The minimum atomic E-state index is -0.297. The molecule has 0 spiro atoms. The van der Waals surface area contributed by atoms with Crippen molar-refractivity contribution < 1.29 is 9.90 Å². The van der Waals surface area contributed by atoms with Gasteiger partial charge in [-0.05, 0) is 40.3 Å². The number of carbonyl (C=O) groups is 1. The molecule has 90 valence electrons. The van der Waals surface area contributed by atoms with E-state index in [9.17, 15) is 9.90 Å². The summed E-state index contributed by atoms with van der Waals surface area (Å²) in [5, 5.41) is 11.7. The summed E-state index contributed by atoms with van der Waals surface area (Å²) in [6, 6.07) is 12.8. The summed E-state index contributed by atoms with van der Waals surface area (Å²) in [4.78, 5) is 16.1. The zero-order chi connectivity index (χ0) is 13.0. The lowest BCUT2D eigenvalue weighted by Crippen LogP contribution is -2.23. The van der Waals surface area contributed by atoms with Crippen LogP contribution in [0.25, 0.3) is 11.6 Å². The quantitative estimate of drug-likeness (QED) is 0.754. The highest BCUT2D eigenvalue weighted by atomic mass is 16.3. The van der Waals surface area contributed by atoms with Crippen LogP contribution in [0.3, 0.4) is 0 Å². The molecule has 1 heterocycles. The van der Waals surface area contributed by atoms with Crippen LogP contribution in [0.2, 0.25) is 0 Å². The molecule has 3 heteroatoms. The average Bonchev–Trinajstić information content (AvgIpc) is 2.77. The Morgan fingerprint density at radius 3 is 2.74 bits per heavy atom. The van der Waals surface area contributed by atoms with Crippen LogP contribution in [0.15, 0.2) is 47.5 Å². The van der Waals surface area contributed by atoms with E-state index in [2.05, 4.69) is 4.99 Å². The topological polar surface area (TPSA) is 49.7 Å². The van der Waals surface area contributed by atoms with Gasteiger partial charge in [-0.1, -0.05) is 24.3 Å². The summed E-state index contributed by atoms with van der Waals surface area (Å²) in [7, 11) is 0. The lowest BCUT2D eigenvalue weighted by atomic mass is 9.93. The Balaban J connectivity index is 2.19. The molecule has 0 saturated heterocycles. The second kappa shape index (κ2) is 3.42. The highest BCUT2D eigenvalue weighted by Crippen LogP contribution is 2.28. The molecule has 0 bridgehead atoms. The third kappa shape index (κ3) is 1.32. The van der Waals surface area contributed by atoms with Gasteiger partial charge in [0.1, 0.15) is 5.75 Å². The lowest BCUT2D eigenvalue weighted by Gasteiger charge is -2.14. The summed E-state index contributed by atoms with van der Waals surface area (Å²) in [5.41, 5.74) is 2.99. The van der Waals surface area contributed by atoms with Crippen LogP contribution < -0.4 is 10.4 Å². The lowest BCUT2D eigenvalue weighted by molar-refractivity contribution is 0.100. The van der Waals surface area contributed by atoms with Crippen LogP contribution in [0.5, 0.6) is 5.75 Å². The van der Waals surface area contributed by atoms with Crippen molar-refractivity contribution in [3.8, 4) is 5.75 Å². The Morgan fingerprint density at radius 1 is 1.00 bits per heavy atom. The van der Waals surface area contributed by atoms with E-state index >= 15 is 0 Å². The van der Waals surface area contributed by atoms with Crippen molar-refractivity contribution in [2.45, 2.75) is 0 Å². The molecular formula is C16H9NO2. The first-order valence-corrected chi connectivity index (χ1v) is 6.02. The van der Waals surface area contributed by atoms with E-state index in [1.165, 1.54) is 6.07 Å². The van der Waals surface area contributed by atoms with Gasteiger partial charge in [0.2, 0.25) is 0 Å². The summed E-state index contributed by atoms with van der Waals surface area (Å²) >= 11 is 0. The van der Waals surface area contributed by atoms with Crippen LogP contribution in [-0.4, -0.2) is 16.7 Å². The molecule has 2 aromatic rings. The second-order valence-corrected chi connectivity index (χ2v) is 4.64. The number of fused-ring (bicyclic) bond motifs is 4. The smallest absolute Gasteiger partial charge is 0.278 e. The Hall–Kier alpha value is -2.68. The molecule has 0 aromatic heterocycles. The van der Waals surface area contributed by atoms with E-state index in [1.54, 1.807) is 12.1 Å². The SMILES string of the molecule is O=C1N=C2C=c3ccccc3=C2c2ccc(O)cc21. The Labute approximate surface area is 108 Å². The number of phenolic OH excluding ortho intramolecular Hbond substituents is 1. The number of nitrogens with zero attached hydrogens (tertiary/aromatic N) is 1. The predicted octanol–water partition coefficient (Wildman–Crippen LogP) is 0.980. The van der Waals surface area contributed by atoms with Crippen LogP contribution in [-0.2, 0) is 0 Å². The van der Waals surface area contributed by atoms with E-state index in [0.717, 1.165) is 21.6 Å². The molecule has 0 saturated carbocycles. The standard InChI is InChI=1S/C16H9NO2/c18-10-5-6-12-13(8-10)16(19)17-14-7-9-3-1-2-4-11(9)15(12)14/h1-8,18H. The minimum absolute atomic E-state index is 0.0848. The van der Waals surface area contributed by atoms with Crippen molar-refractivity contribution >= 4 is 23.3 Å². The zero-order valence-corrected chi connectivity index (χ0v) is 9.92. The van der Waals surface area contributed by atoms with E-state index < -0.39 is 0 Å². The third-order valence-corrected chi connectivity index (χ3v) is 3.50. The second-order valence-electron chi connectivity index (χ2n) is 4.64. The van der Waals surface area contributed by atoms with Gasteiger partial charge < -0.3 is 5.11 Å². The van der Waals surface area contributed by atoms with Crippen molar-refractivity contribution in [3.05, 3.63) is 64.0 Å². The van der Waals surface area contributed by atoms with Crippen molar-refractivity contribution in [3.63, 3.8) is 0 Å². The molecular weight excluding hydrogens is 238 g/mol. The minimum Gasteiger partial charge on any atom is -0.508 e. The van der Waals surface area contributed by atoms with Gasteiger partial charge in [0.15, 0.2) is 0 Å². The molecule has 4 rings (SSSR count). The number of phenols is 1. The molecule has 1 amide bonds. The Kier molecular flexibility index (Phi) is 1.85. The molecule has 0 unspecified atom stereocenters. The van der Waals surface area contributed by atoms with E-state index in [4.69, 9.17) is 0 Å². The van der Waals surface area contributed by atoms with E-state index in [1.807, 2.05) is 30.3 Å². The molecule has 19 heavy (non-hydrogen) atoms. The first-order valence-electron chi connectivity index (χ1n) is 6.02. The maximum absolute atomic E-state index is 12.0. The van der Waals surface area contributed by atoms with Gasteiger partial charge in [0.05, 0.1) is 11.3 Å². The highest BCUT2D eigenvalue weighted by molar-refractivity contribution is 6.43. The monoisotopic (exact) mass is 247 g/mol. The van der Waals surface area contributed by atoms with Crippen LogP contribution >= 0.6 is 0 Å². The third-order valence-electron chi connectivity index (χ3n) is 3.50. The van der Waals surface area contributed by atoms with Gasteiger partial charge in [-0.2, -0.15) is 0 Å². The first-order chi connectivity index (χ1) is 9.24. The Morgan fingerprint density at radius 2 is 1.84 bits per heavy atom. The molecule has 1 aliphatic heterocycles. The van der Waals surface area contributed by atoms with Gasteiger partial charge in [-0.3, -0.25) is 4.79 Å². The normalized spacial score (nSPS) is 15.3. The van der Waals surface area contributed by atoms with E-state index in [0.29, 0.717) is 11.3 Å². The van der Waals surface area contributed by atoms with Crippen LogP contribution in [0.4, 0.5) is 0 Å². The summed E-state index contributed by atoms with van der Waals surface area (Å²) in [6.07, 6.45) is 1.93. The molecule has 2 aliphatic rings. The zero-order valence-electron chi connectivity index (χ0n) is 9.92. The summed E-state index contributed by atoms with van der Waals surface area (Å²) in [6.45, 7) is 0. The number of benzene rings is 2. The first kappa shape index (κ1) is 10.3.